The number of ether oxygens (including phenoxy) is 1. The van der Waals surface area contributed by atoms with Gasteiger partial charge in [-0.25, -0.2) is 0 Å². The summed E-state index contributed by atoms with van der Waals surface area (Å²) in [6.45, 7) is 3.43. The Morgan fingerprint density at radius 1 is 1.25 bits per heavy atom. The predicted molar refractivity (Wildman–Crippen MR) is 62.5 cm³/mol. The molecule has 2 saturated heterocycles. The standard InChI is InChI=1S/C11H18N2O2.ClH/c12-11(1-2-11)9(14)13-5-3-10(7-13)4-6-15-8-10;/h1-8,12H2;1H. The highest BCUT2D eigenvalue weighted by Crippen LogP contribution is 2.41. The van der Waals surface area contributed by atoms with Gasteiger partial charge in [-0.3, -0.25) is 4.79 Å². The van der Waals surface area contributed by atoms with Gasteiger partial charge in [0.2, 0.25) is 5.91 Å². The van der Waals surface area contributed by atoms with Crippen LogP contribution in [0.5, 0.6) is 0 Å². The number of hydrogen-bond acceptors (Lipinski definition) is 3. The number of nitrogens with two attached hydrogens (primary N) is 1. The highest BCUT2D eigenvalue weighted by Gasteiger charge is 2.51. The second-order valence-corrected chi connectivity index (χ2v) is 5.44. The SMILES string of the molecule is Cl.NC1(C(=O)N2CCC3(CCOC3)C2)CC1. The second kappa shape index (κ2) is 3.86. The molecular weight excluding hydrogens is 228 g/mol. The maximum absolute atomic E-state index is 12.0. The van der Waals surface area contributed by atoms with E-state index in [0.29, 0.717) is 0 Å². The molecular formula is C11H19ClN2O2. The molecule has 1 aliphatic carbocycles. The summed E-state index contributed by atoms with van der Waals surface area (Å²) in [7, 11) is 0. The van der Waals surface area contributed by atoms with Gasteiger partial charge >= 0.3 is 0 Å². The number of nitrogens with zero attached hydrogens (tertiary/aromatic N) is 1. The van der Waals surface area contributed by atoms with Crippen molar-refractivity contribution in [3.8, 4) is 0 Å². The molecule has 3 aliphatic rings. The van der Waals surface area contributed by atoms with E-state index >= 15 is 0 Å². The van der Waals surface area contributed by atoms with Gasteiger partial charge in [-0.05, 0) is 25.7 Å². The van der Waals surface area contributed by atoms with Crippen LogP contribution in [-0.4, -0.2) is 42.6 Å². The third-order valence-electron chi connectivity index (χ3n) is 4.13. The van der Waals surface area contributed by atoms with E-state index < -0.39 is 5.54 Å². The van der Waals surface area contributed by atoms with Crippen LogP contribution >= 0.6 is 12.4 Å². The van der Waals surface area contributed by atoms with Crippen molar-refractivity contribution in [3.05, 3.63) is 0 Å². The van der Waals surface area contributed by atoms with E-state index in [2.05, 4.69) is 0 Å². The lowest BCUT2D eigenvalue weighted by Gasteiger charge is -2.24. The highest BCUT2D eigenvalue weighted by molar-refractivity contribution is 5.89. The second-order valence-electron chi connectivity index (χ2n) is 5.44. The molecule has 3 fully saturated rings. The van der Waals surface area contributed by atoms with Gasteiger partial charge in [-0.2, -0.15) is 0 Å². The molecule has 16 heavy (non-hydrogen) atoms. The van der Waals surface area contributed by atoms with Crippen molar-refractivity contribution < 1.29 is 9.53 Å². The number of rotatable bonds is 1. The van der Waals surface area contributed by atoms with Gasteiger partial charge in [0.1, 0.15) is 0 Å². The van der Waals surface area contributed by atoms with Gasteiger partial charge in [0.25, 0.3) is 0 Å². The van der Waals surface area contributed by atoms with E-state index in [4.69, 9.17) is 10.5 Å². The largest absolute Gasteiger partial charge is 0.381 e. The van der Waals surface area contributed by atoms with Gasteiger partial charge in [0, 0.05) is 25.1 Å². The first-order valence-electron chi connectivity index (χ1n) is 5.80. The fourth-order valence-corrected chi connectivity index (χ4v) is 2.74. The highest BCUT2D eigenvalue weighted by atomic mass is 35.5. The van der Waals surface area contributed by atoms with E-state index in [1.165, 1.54) is 0 Å². The number of likely N-dealkylation sites (tertiary alicyclic amines) is 1. The van der Waals surface area contributed by atoms with Crippen LogP contribution in [0.4, 0.5) is 0 Å². The van der Waals surface area contributed by atoms with E-state index in [-0.39, 0.29) is 23.7 Å². The maximum Gasteiger partial charge on any atom is 0.242 e. The average molecular weight is 247 g/mol. The molecule has 1 atom stereocenters. The number of hydrogen-bond donors (Lipinski definition) is 1. The maximum atomic E-state index is 12.0. The van der Waals surface area contributed by atoms with Crippen LogP contribution in [0.2, 0.25) is 0 Å². The van der Waals surface area contributed by atoms with Crippen LogP contribution in [0.15, 0.2) is 0 Å². The first-order valence-corrected chi connectivity index (χ1v) is 5.80. The van der Waals surface area contributed by atoms with Gasteiger partial charge in [0.15, 0.2) is 0 Å². The molecule has 1 spiro atoms. The Morgan fingerprint density at radius 2 is 2.00 bits per heavy atom. The van der Waals surface area contributed by atoms with Crippen molar-refractivity contribution in [1.82, 2.24) is 4.90 Å². The third-order valence-corrected chi connectivity index (χ3v) is 4.13. The van der Waals surface area contributed by atoms with Crippen molar-refractivity contribution >= 4 is 18.3 Å². The van der Waals surface area contributed by atoms with E-state index in [1.54, 1.807) is 0 Å². The van der Waals surface area contributed by atoms with E-state index in [1.807, 2.05) is 4.90 Å². The molecule has 2 heterocycles. The lowest BCUT2D eigenvalue weighted by Crippen LogP contribution is -2.45. The van der Waals surface area contributed by atoms with Crippen LogP contribution in [0.25, 0.3) is 0 Å². The van der Waals surface area contributed by atoms with Crippen molar-refractivity contribution in [1.29, 1.82) is 0 Å². The molecule has 0 bridgehead atoms. The molecule has 4 nitrogen and oxygen atoms in total. The van der Waals surface area contributed by atoms with Crippen LogP contribution in [0.3, 0.4) is 0 Å². The van der Waals surface area contributed by atoms with Gasteiger partial charge < -0.3 is 15.4 Å². The fraction of sp³-hybridized carbons (Fsp3) is 0.909. The molecule has 2 aliphatic heterocycles. The Kier molecular flexibility index (Phi) is 2.93. The molecule has 0 aromatic carbocycles. The first kappa shape index (κ1) is 12.1. The Morgan fingerprint density at radius 3 is 2.56 bits per heavy atom. The minimum Gasteiger partial charge on any atom is -0.381 e. The Hall–Kier alpha value is -0.320. The topological polar surface area (TPSA) is 55.6 Å². The molecule has 92 valence electrons. The van der Waals surface area contributed by atoms with Crippen LogP contribution in [0.1, 0.15) is 25.7 Å². The van der Waals surface area contributed by atoms with Gasteiger partial charge in [-0.1, -0.05) is 0 Å². The summed E-state index contributed by atoms with van der Waals surface area (Å²) >= 11 is 0. The van der Waals surface area contributed by atoms with Crippen molar-refractivity contribution in [3.63, 3.8) is 0 Å². The van der Waals surface area contributed by atoms with Crippen molar-refractivity contribution in [2.24, 2.45) is 11.1 Å². The monoisotopic (exact) mass is 246 g/mol. The molecule has 0 aromatic rings. The Labute approximate surface area is 102 Å². The van der Waals surface area contributed by atoms with E-state index in [9.17, 15) is 4.79 Å². The summed E-state index contributed by atoms with van der Waals surface area (Å²) in [6.07, 6.45) is 3.93. The fourth-order valence-electron chi connectivity index (χ4n) is 2.74. The number of carbonyl (C=O) groups is 1. The lowest BCUT2D eigenvalue weighted by molar-refractivity contribution is -0.132. The number of halogens is 1. The molecule has 1 unspecified atom stereocenters. The summed E-state index contributed by atoms with van der Waals surface area (Å²) in [4.78, 5) is 14.0. The number of carbonyl (C=O) groups excluding carboxylic acids is 1. The molecule has 3 rings (SSSR count). The molecule has 5 heteroatoms. The molecule has 0 aromatic heterocycles. The minimum atomic E-state index is -0.495. The first-order chi connectivity index (χ1) is 7.14. The van der Waals surface area contributed by atoms with Gasteiger partial charge in [0.05, 0.1) is 12.1 Å². The minimum absolute atomic E-state index is 0. The van der Waals surface area contributed by atoms with Gasteiger partial charge in [-0.15, -0.1) is 12.4 Å². The van der Waals surface area contributed by atoms with Crippen LogP contribution < -0.4 is 5.73 Å². The normalized spacial score (nSPS) is 35.2. The van der Waals surface area contributed by atoms with Crippen molar-refractivity contribution in [2.45, 2.75) is 31.2 Å². The van der Waals surface area contributed by atoms with Crippen LogP contribution in [-0.2, 0) is 9.53 Å². The van der Waals surface area contributed by atoms with E-state index in [0.717, 1.165) is 52.0 Å². The van der Waals surface area contributed by atoms with Crippen LogP contribution in [0, 0.1) is 5.41 Å². The summed E-state index contributed by atoms with van der Waals surface area (Å²) in [6, 6.07) is 0. The summed E-state index contributed by atoms with van der Waals surface area (Å²) in [5, 5.41) is 0. The third kappa shape index (κ3) is 1.83. The molecule has 0 radical (unpaired) electrons. The zero-order valence-corrected chi connectivity index (χ0v) is 10.2. The Balaban J connectivity index is 0.000000963. The zero-order chi connectivity index (χ0) is 10.5. The molecule has 2 N–H and O–H groups in total. The lowest BCUT2D eigenvalue weighted by atomic mass is 9.87. The number of amides is 1. The predicted octanol–water partition coefficient (Wildman–Crippen LogP) is 0.538. The summed E-state index contributed by atoms with van der Waals surface area (Å²) in [5.41, 5.74) is 5.70. The quantitative estimate of drug-likeness (QED) is 0.735. The Bertz CT molecular complexity index is 298. The molecule has 1 saturated carbocycles. The molecule has 1 amide bonds. The summed E-state index contributed by atoms with van der Waals surface area (Å²) in [5.74, 6) is 0.172. The van der Waals surface area contributed by atoms with Crippen molar-refractivity contribution in [2.75, 3.05) is 26.3 Å². The summed E-state index contributed by atoms with van der Waals surface area (Å²) < 4.78 is 5.44. The zero-order valence-electron chi connectivity index (χ0n) is 9.41. The average Bonchev–Trinajstić information content (AvgIpc) is 2.71. The smallest absolute Gasteiger partial charge is 0.242 e.